The second-order valence-electron chi connectivity index (χ2n) is 16.6. The monoisotopic (exact) mass is 862 g/mol. The number of esters is 2. The van der Waals surface area contributed by atoms with Crippen molar-refractivity contribution in [2.75, 3.05) is 41.0 Å². The normalized spacial score (nSPS) is 13.9. The molecule has 2 atom stereocenters. The SMILES string of the molecule is CC/C=C/C=C/C=C/CCCCCCCCCC(=O)OCC(COCCC(C(=O)[O-])[N+](C)(C)C)OC(=O)CCCCCC/C=C/C/C=C/C/C=C/C/C=C/C/C=C/C/C=C/CC. The zero-order chi connectivity index (χ0) is 45.6. The minimum absolute atomic E-state index is 0.0185. The van der Waals surface area contributed by atoms with Gasteiger partial charge in [0.25, 0.3) is 0 Å². The molecule has 0 rings (SSSR count). The maximum atomic E-state index is 12.8. The number of carboxylic acid groups (broad SMARTS) is 1. The summed E-state index contributed by atoms with van der Waals surface area (Å²) in [4.78, 5) is 37.0. The van der Waals surface area contributed by atoms with Crippen molar-refractivity contribution >= 4 is 17.9 Å². The van der Waals surface area contributed by atoms with E-state index in [-0.39, 0.29) is 49.1 Å². The minimum Gasteiger partial charge on any atom is -0.544 e. The minimum atomic E-state index is -1.14. The Morgan fingerprint density at radius 2 is 0.935 bits per heavy atom. The third kappa shape index (κ3) is 41.3. The van der Waals surface area contributed by atoms with Crippen molar-refractivity contribution < 1.29 is 38.2 Å². The van der Waals surface area contributed by atoms with Crippen molar-refractivity contribution in [3.05, 3.63) is 109 Å². The van der Waals surface area contributed by atoms with E-state index in [1.807, 2.05) is 0 Å². The number of carboxylic acids is 1. The van der Waals surface area contributed by atoms with Crippen LogP contribution in [0, 0.1) is 0 Å². The van der Waals surface area contributed by atoms with E-state index < -0.39 is 18.1 Å². The number of unbranched alkanes of at least 4 members (excludes halogenated alkanes) is 11. The summed E-state index contributed by atoms with van der Waals surface area (Å²) in [5, 5.41) is 11.6. The van der Waals surface area contributed by atoms with Crippen molar-refractivity contribution in [2.24, 2.45) is 0 Å². The quantitative estimate of drug-likeness (QED) is 0.0198. The Morgan fingerprint density at radius 1 is 0.500 bits per heavy atom. The molecule has 0 saturated heterocycles. The van der Waals surface area contributed by atoms with E-state index in [9.17, 15) is 19.5 Å². The van der Waals surface area contributed by atoms with Gasteiger partial charge < -0.3 is 28.6 Å². The fourth-order valence-electron chi connectivity index (χ4n) is 6.31. The molecule has 0 spiro atoms. The summed E-state index contributed by atoms with van der Waals surface area (Å²) in [6.45, 7) is 4.36. The Kier molecular flexibility index (Phi) is 40.8. The molecule has 62 heavy (non-hydrogen) atoms. The lowest BCUT2D eigenvalue weighted by Crippen LogP contribution is -2.55. The molecule has 0 saturated carbocycles. The molecule has 0 aromatic rings. The van der Waals surface area contributed by atoms with E-state index in [2.05, 4.69) is 123 Å². The van der Waals surface area contributed by atoms with Crippen LogP contribution in [0.15, 0.2) is 109 Å². The number of allylic oxidation sites excluding steroid dienone is 18. The van der Waals surface area contributed by atoms with E-state index in [1.54, 1.807) is 21.1 Å². The van der Waals surface area contributed by atoms with E-state index in [0.29, 0.717) is 6.42 Å². The summed E-state index contributed by atoms with van der Waals surface area (Å²) in [5.74, 6) is -1.80. The first-order chi connectivity index (χ1) is 30.1. The Morgan fingerprint density at radius 3 is 1.44 bits per heavy atom. The second-order valence-corrected chi connectivity index (χ2v) is 16.6. The molecule has 0 fully saturated rings. The highest BCUT2D eigenvalue weighted by molar-refractivity contribution is 5.70. The molecule has 0 aliphatic heterocycles. The number of likely N-dealkylation sites (N-methyl/N-ethyl adjacent to an activating group) is 1. The number of nitrogens with zero attached hydrogens (tertiary/aromatic N) is 1. The number of carbonyl (C=O) groups excluding carboxylic acids is 3. The van der Waals surface area contributed by atoms with E-state index in [1.165, 1.54) is 19.3 Å². The highest BCUT2D eigenvalue weighted by Crippen LogP contribution is 2.13. The molecule has 8 nitrogen and oxygen atoms in total. The summed E-state index contributed by atoms with van der Waals surface area (Å²) in [7, 11) is 5.38. The molecule has 0 aliphatic carbocycles. The van der Waals surface area contributed by atoms with E-state index in [0.717, 1.165) is 109 Å². The molecule has 0 bridgehead atoms. The second kappa shape index (κ2) is 43.6. The lowest BCUT2D eigenvalue weighted by molar-refractivity contribution is -0.889. The summed E-state index contributed by atoms with van der Waals surface area (Å²) in [5.41, 5.74) is 0. The third-order valence-electron chi connectivity index (χ3n) is 9.97. The third-order valence-corrected chi connectivity index (χ3v) is 9.97. The Bertz CT molecular complexity index is 1370. The van der Waals surface area contributed by atoms with Gasteiger partial charge in [-0.25, -0.2) is 0 Å². The van der Waals surface area contributed by atoms with Crippen LogP contribution in [-0.2, 0) is 28.6 Å². The number of quaternary nitrogens is 1. The van der Waals surface area contributed by atoms with Crippen LogP contribution in [0.5, 0.6) is 0 Å². The van der Waals surface area contributed by atoms with Crippen LogP contribution < -0.4 is 5.11 Å². The number of hydrogen-bond acceptors (Lipinski definition) is 7. The Hall–Kier alpha value is -4.01. The predicted octanol–water partition coefficient (Wildman–Crippen LogP) is 12.3. The number of carbonyl (C=O) groups is 3. The van der Waals surface area contributed by atoms with Gasteiger partial charge in [0.1, 0.15) is 12.6 Å². The van der Waals surface area contributed by atoms with E-state index >= 15 is 0 Å². The van der Waals surface area contributed by atoms with E-state index in [4.69, 9.17) is 14.2 Å². The average molecular weight is 862 g/mol. The maximum absolute atomic E-state index is 12.8. The van der Waals surface area contributed by atoms with Crippen LogP contribution in [0.2, 0.25) is 0 Å². The molecule has 8 heteroatoms. The smallest absolute Gasteiger partial charge is 0.306 e. The molecule has 0 amide bonds. The Labute approximate surface area is 378 Å². The van der Waals surface area contributed by atoms with Crippen LogP contribution in [0.3, 0.4) is 0 Å². The van der Waals surface area contributed by atoms with Crippen LogP contribution in [0.4, 0.5) is 0 Å². The van der Waals surface area contributed by atoms with Gasteiger partial charge in [0.2, 0.25) is 0 Å². The lowest BCUT2D eigenvalue weighted by atomic mass is 10.1. The standard InChI is InChI=1S/C54H87NO7/c1-6-8-10-12-14-16-18-20-22-23-24-25-26-27-28-29-31-33-35-37-39-41-43-45-53(57)62-50(48-60-47-46-51(54(58)59)55(3,4)5)49-61-52(56)44-42-40-38-36-34-32-30-21-19-17-15-13-11-9-7-2/h8-11,13-17,19-20,22,24-25,27-28,31,33,50-51H,6-7,12,18,21,23,26,29-30,32,34-49H2,1-5H3/b10-8+,11-9+,15-13+,16-14+,19-17+,22-20+,25-24+,28-27+,33-31+. The van der Waals surface area contributed by atoms with Crippen molar-refractivity contribution in [3.8, 4) is 0 Å². The topological polar surface area (TPSA) is 102 Å². The van der Waals surface area contributed by atoms with Crippen LogP contribution >= 0.6 is 0 Å². The predicted molar refractivity (Wildman–Crippen MR) is 258 cm³/mol. The molecule has 0 aromatic carbocycles. The number of rotatable bonds is 41. The van der Waals surface area contributed by atoms with Crippen LogP contribution in [0.1, 0.15) is 162 Å². The average Bonchev–Trinajstić information content (AvgIpc) is 3.23. The van der Waals surface area contributed by atoms with Crippen molar-refractivity contribution in [2.45, 2.75) is 174 Å². The Balaban J connectivity index is 4.38. The molecule has 0 aliphatic rings. The molecular formula is C54H87NO7. The fourth-order valence-corrected chi connectivity index (χ4v) is 6.31. The first kappa shape index (κ1) is 58.0. The highest BCUT2D eigenvalue weighted by Gasteiger charge is 2.25. The largest absolute Gasteiger partial charge is 0.544 e. The molecule has 0 radical (unpaired) electrons. The van der Waals surface area contributed by atoms with Gasteiger partial charge in [0.05, 0.1) is 40.3 Å². The van der Waals surface area contributed by atoms with Crippen LogP contribution in [0.25, 0.3) is 0 Å². The molecule has 0 N–H and O–H groups in total. The maximum Gasteiger partial charge on any atom is 0.306 e. The summed E-state index contributed by atoms with van der Waals surface area (Å²) in [6, 6.07) is -0.740. The van der Waals surface area contributed by atoms with Crippen molar-refractivity contribution in [1.82, 2.24) is 0 Å². The van der Waals surface area contributed by atoms with Gasteiger partial charge in [-0.3, -0.25) is 9.59 Å². The van der Waals surface area contributed by atoms with Gasteiger partial charge in [0.15, 0.2) is 6.10 Å². The summed E-state index contributed by atoms with van der Waals surface area (Å²) in [6.07, 6.45) is 59.7. The molecule has 0 heterocycles. The highest BCUT2D eigenvalue weighted by atomic mass is 16.6. The number of hydrogen-bond donors (Lipinski definition) is 0. The molecular weight excluding hydrogens is 775 g/mol. The fraction of sp³-hybridized carbons (Fsp3) is 0.611. The van der Waals surface area contributed by atoms with Crippen molar-refractivity contribution in [1.29, 1.82) is 0 Å². The first-order valence-corrected chi connectivity index (χ1v) is 23.9. The molecule has 350 valence electrons. The summed E-state index contributed by atoms with van der Waals surface area (Å²) < 4.78 is 17.2. The molecule has 2 unspecified atom stereocenters. The number of aliphatic carboxylic acids is 1. The van der Waals surface area contributed by atoms with Gasteiger partial charge in [0, 0.05) is 19.3 Å². The van der Waals surface area contributed by atoms with Gasteiger partial charge in [-0.15, -0.1) is 0 Å². The lowest BCUT2D eigenvalue weighted by Gasteiger charge is -2.34. The summed E-state index contributed by atoms with van der Waals surface area (Å²) >= 11 is 0. The zero-order valence-corrected chi connectivity index (χ0v) is 39.7. The van der Waals surface area contributed by atoms with Crippen molar-refractivity contribution in [3.63, 3.8) is 0 Å². The van der Waals surface area contributed by atoms with Gasteiger partial charge in [-0.2, -0.15) is 0 Å². The molecule has 0 aromatic heterocycles. The zero-order valence-electron chi connectivity index (χ0n) is 39.7. The first-order valence-electron chi connectivity index (χ1n) is 23.9. The number of ether oxygens (including phenoxy) is 3. The van der Waals surface area contributed by atoms with Crippen LogP contribution in [-0.4, -0.2) is 75.5 Å². The van der Waals surface area contributed by atoms with Gasteiger partial charge in [-0.05, 0) is 83.5 Å². The van der Waals surface area contributed by atoms with Gasteiger partial charge >= 0.3 is 11.9 Å². The van der Waals surface area contributed by atoms with Gasteiger partial charge in [-0.1, -0.05) is 168 Å².